The van der Waals surface area contributed by atoms with Gasteiger partial charge in [0.25, 0.3) is 0 Å². The number of likely N-dealkylation sites (N-methyl/N-ethyl adjacent to an activating group) is 2. The Balaban J connectivity index is 2.56. The highest BCUT2D eigenvalue weighted by Crippen LogP contribution is 2.13. The first-order valence-corrected chi connectivity index (χ1v) is 6.33. The summed E-state index contributed by atoms with van der Waals surface area (Å²) in [5.74, 6) is 1.15. The predicted octanol–water partition coefficient (Wildman–Crippen LogP) is 0.199. The average molecular weight is 267 g/mol. The number of piperidine rings is 1. The minimum atomic E-state index is -1.11. The molecule has 106 valence electrons. The molecule has 2 N–H and O–H groups in total. The van der Waals surface area contributed by atoms with Gasteiger partial charge in [-0.15, -0.1) is 12.3 Å². The van der Waals surface area contributed by atoms with Crippen LogP contribution < -0.4 is 5.32 Å². The van der Waals surface area contributed by atoms with Crippen molar-refractivity contribution in [2.24, 2.45) is 0 Å². The molecule has 1 fully saturated rings. The maximum absolute atomic E-state index is 12.0. The van der Waals surface area contributed by atoms with Crippen molar-refractivity contribution in [3.05, 3.63) is 0 Å². The maximum Gasteiger partial charge on any atom is 0.327 e. The lowest BCUT2D eigenvalue weighted by atomic mass is 10.1. The third-order valence-corrected chi connectivity index (χ3v) is 3.39. The van der Waals surface area contributed by atoms with Gasteiger partial charge in [-0.2, -0.15) is 0 Å². The Bertz CT molecular complexity index is 378. The van der Waals surface area contributed by atoms with E-state index in [0.717, 1.165) is 25.9 Å². The van der Waals surface area contributed by atoms with Crippen molar-refractivity contribution in [3.63, 3.8) is 0 Å². The van der Waals surface area contributed by atoms with Crippen LogP contribution in [-0.4, -0.2) is 66.2 Å². The number of terminal acetylenes is 1. The predicted molar refractivity (Wildman–Crippen MR) is 71.7 cm³/mol. The van der Waals surface area contributed by atoms with E-state index >= 15 is 0 Å². The summed E-state index contributed by atoms with van der Waals surface area (Å²) in [5, 5.41) is 11.4. The zero-order valence-electron chi connectivity index (χ0n) is 11.4. The fraction of sp³-hybridized carbons (Fsp3) is 0.692. The molecule has 1 rings (SSSR count). The molecule has 0 spiro atoms. The van der Waals surface area contributed by atoms with Crippen molar-refractivity contribution in [1.29, 1.82) is 0 Å². The van der Waals surface area contributed by atoms with Crippen molar-refractivity contribution in [2.45, 2.75) is 31.3 Å². The molecule has 0 bridgehead atoms. The van der Waals surface area contributed by atoms with Crippen LogP contribution in [0.2, 0.25) is 0 Å². The lowest BCUT2D eigenvalue weighted by Gasteiger charge is -2.36. The maximum atomic E-state index is 12.0. The molecule has 0 saturated carbocycles. The molecule has 19 heavy (non-hydrogen) atoms. The Hall–Kier alpha value is -1.74. The number of likely N-dealkylation sites (tertiary alicyclic amines) is 1. The van der Waals surface area contributed by atoms with E-state index in [4.69, 9.17) is 11.5 Å². The van der Waals surface area contributed by atoms with Crippen molar-refractivity contribution in [2.75, 3.05) is 27.2 Å². The standard InChI is InChI=1S/C13H21N3O3/c1-4-6-11(12(17)18)14-13(19)16(3)10-7-5-8-15(2)9-10/h1,10-11H,5-9H2,2-3H3,(H,14,19)(H,17,18). The molecule has 0 aliphatic carbocycles. The fourth-order valence-electron chi connectivity index (χ4n) is 2.19. The second-order valence-electron chi connectivity index (χ2n) is 4.92. The van der Waals surface area contributed by atoms with Crippen LogP contribution in [0.4, 0.5) is 4.79 Å². The van der Waals surface area contributed by atoms with Gasteiger partial charge in [0.2, 0.25) is 0 Å². The summed E-state index contributed by atoms with van der Waals surface area (Å²) in [6, 6.07) is -1.30. The molecule has 0 aromatic rings. The summed E-state index contributed by atoms with van der Waals surface area (Å²) in [7, 11) is 3.70. The third-order valence-electron chi connectivity index (χ3n) is 3.39. The number of rotatable bonds is 4. The van der Waals surface area contributed by atoms with Crippen LogP contribution in [0.15, 0.2) is 0 Å². The Morgan fingerprint density at radius 1 is 1.63 bits per heavy atom. The molecule has 6 heteroatoms. The van der Waals surface area contributed by atoms with Gasteiger partial charge in [-0.25, -0.2) is 9.59 Å². The van der Waals surface area contributed by atoms with Crippen molar-refractivity contribution < 1.29 is 14.7 Å². The molecule has 1 saturated heterocycles. The van der Waals surface area contributed by atoms with Gasteiger partial charge in [-0.1, -0.05) is 0 Å². The fourth-order valence-corrected chi connectivity index (χ4v) is 2.19. The van der Waals surface area contributed by atoms with Gasteiger partial charge in [-0.05, 0) is 26.4 Å². The summed E-state index contributed by atoms with van der Waals surface area (Å²) >= 11 is 0. The van der Waals surface area contributed by atoms with E-state index in [-0.39, 0.29) is 18.5 Å². The smallest absolute Gasteiger partial charge is 0.327 e. The topological polar surface area (TPSA) is 72.9 Å². The highest BCUT2D eigenvalue weighted by molar-refractivity contribution is 5.82. The van der Waals surface area contributed by atoms with Crippen LogP contribution >= 0.6 is 0 Å². The Labute approximate surface area is 113 Å². The van der Waals surface area contributed by atoms with Gasteiger partial charge in [0.15, 0.2) is 0 Å². The van der Waals surface area contributed by atoms with E-state index in [9.17, 15) is 9.59 Å². The second kappa shape index (κ2) is 7.00. The monoisotopic (exact) mass is 267 g/mol. The molecule has 0 aromatic carbocycles. The normalized spacial score (nSPS) is 21.2. The highest BCUT2D eigenvalue weighted by Gasteiger charge is 2.27. The minimum Gasteiger partial charge on any atom is -0.480 e. The van der Waals surface area contributed by atoms with Gasteiger partial charge in [-0.3, -0.25) is 0 Å². The van der Waals surface area contributed by atoms with Crippen LogP contribution in [0.5, 0.6) is 0 Å². The average Bonchev–Trinajstić information content (AvgIpc) is 2.37. The zero-order valence-corrected chi connectivity index (χ0v) is 11.4. The summed E-state index contributed by atoms with van der Waals surface area (Å²) in [4.78, 5) is 26.7. The zero-order chi connectivity index (χ0) is 14.4. The summed E-state index contributed by atoms with van der Waals surface area (Å²) in [5.41, 5.74) is 0. The van der Waals surface area contributed by atoms with E-state index in [1.807, 2.05) is 7.05 Å². The van der Waals surface area contributed by atoms with E-state index < -0.39 is 12.0 Å². The van der Waals surface area contributed by atoms with Crippen LogP contribution in [0.3, 0.4) is 0 Å². The molecule has 2 amide bonds. The van der Waals surface area contributed by atoms with Gasteiger partial charge in [0.05, 0.1) is 0 Å². The number of nitrogens with one attached hydrogen (secondary N) is 1. The number of carbonyl (C=O) groups excluding carboxylic acids is 1. The van der Waals surface area contributed by atoms with Crippen LogP contribution in [0, 0.1) is 12.3 Å². The first-order valence-electron chi connectivity index (χ1n) is 6.33. The number of aliphatic carboxylic acids is 1. The number of carboxylic acids is 1. The van der Waals surface area contributed by atoms with Crippen molar-refractivity contribution >= 4 is 12.0 Å². The van der Waals surface area contributed by atoms with Gasteiger partial charge in [0, 0.05) is 26.1 Å². The number of amides is 2. The Morgan fingerprint density at radius 2 is 2.32 bits per heavy atom. The molecule has 1 heterocycles. The first-order chi connectivity index (χ1) is 8.95. The van der Waals surface area contributed by atoms with Crippen LogP contribution in [-0.2, 0) is 4.79 Å². The summed E-state index contributed by atoms with van der Waals surface area (Å²) < 4.78 is 0. The largest absolute Gasteiger partial charge is 0.480 e. The summed E-state index contributed by atoms with van der Waals surface area (Å²) in [6.45, 7) is 1.83. The molecule has 1 aliphatic heterocycles. The van der Waals surface area contributed by atoms with Gasteiger partial charge >= 0.3 is 12.0 Å². The molecule has 0 radical (unpaired) electrons. The third kappa shape index (κ3) is 4.45. The quantitative estimate of drug-likeness (QED) is 0.714. The lowest BCUT2D eigenvalue weighted by molar-refractivity contribution is -0.139. The van der Waals surface area contributed by atoms with Crippen LogP contribution in [0.1, 0.15) is 19.3 Å². The molecule has 2 unspecified atom stereocenters. The van der Waals surface area contributed by atoms with Crippen molar-refractivity contribution in [3.8, 4) is 12.3 Å². The van der Waals surface area contributed by atoms with Gasteiger partial charge in [0.1, 0.15) is 6.04 Å². The Kier molecular flexibility index (Phi) is 5.64. The highest BCUT2D eigenvalue weighted by atomic mass is 16.4. The van der Waals surface area contributed by atoms with E-state index in [0.29, 0.717) is 0 Å². The molecule has 6 nitrogen and oxygen atoms in total. The molecule has 2 atom stereocenters. The number of hydrogen-bond acceptors (Lipinski definition) is 3. The molecular weight excluding hydrogens is 246 g/mol. The minimum absolute atomic E-state index is 0.0144. The molecular formula is C13H21N3O3. The number of carboxylic acid groups (broad SMARTS) is 1. The van der Waals surface area contributed by atoms with Crippen LogP contribution in [0.25, 0.3) is 0 Å². The van der Waals surface area contributed by atoms with Gasteiger partial charge < -0.3 is 20.2 Å². The molecule has 0 aromatic heterocycles. The SMILES string of the molecule is C#CCC(NC(=O)N(C)C1CCCN(C)C1)C(=O)O. The van der Waals surface area contributed by atoms with E-state index in [1.165, 1.54) is 0 Å². The second-order valence-corrected chi connectivity index (χ2v) is 4.92. The van der Waals surface area contributed by atoms with Crippen molar-refractivity contribution in [1.82, 2.24) is 15.1 Å². The number of nitrogens with zero attached hydrogens (tertiary/aromatic N) is 2. The number of hydrogen-bond donors (Lipinski definition) is 2. The van der Waals surface area contributed by atoms with E-state index in [2.05, 4.69) is 16.1 Å². The summed E-state index contributed by atoms with van der Waals surface area (Å²) in [6.07, 6.45) is 7.05. The first kappa shape index (κ1) is 15.3. The number of carbonyl (C=O) groups is 2. The lowest BCUT2D eigenvalue weighted by Crippen LogP contribution is -2.53. The van der Waals surface area contributed by atoms with E-state index in [1.54, 1.807) is 11.9 Å². The Morgan fingerprint density at radius 3 is 2.84 bits per heavy atom. The molecule has 1 aliphatic rings. The number of urea groups is 1.